The summed E-state index contributed by atoms with van der Waals surface area (Å²) in [7, 11) is 0. The van der Waals surface area contributed by atoms with Crippen LogP contribution in [-0.2, 0) is 11.2 Å². The van der Waals surface area contributed by atoms with E-state index < -0.39 is 0 Å². The quantitative estimate of drug-likeness (QED) is 0.869. The number of anilines is 1. The number of carbonyl (C=O) groups excluding carboxylic acids is 1. The summed E-state index contributed by atoms with van der Waals surface area (Å²) in [4.78, 5) is 13.9. The maximum absolute atomic E-state index is 12.1. The summed E-state index contributed by atoms with van der Waals surface area (Å²) in [6.45, 7) is 0.735. The highest BCUT2D eigenvalue weighted by Gasteiger charge is 2.29. The number of para-hydroxylation sites is 1. The minimum Gasteiger partial charge on any atom is -0.310 e. The predicted octanol–water partition coefficient (Wildman–Crippen LogP) is 2.72. The van der Waals surface area contributed by atoms with Gasteiger partial charge in [-0.3, -0.25) is 4.79 Å². The van der Waals surface area contributed by atoms with Crippen LogP contribution in [0.3, 0.4) is 0 Å². The minimum absolute atomic E-state index is 0.00274. The van der Waals surface area contributed by atoms with Crippen LogP contribution in [0.2, 0.25) is 0 Å². The fraction of sp³-hybridized carbons (Fsp3) is 0.562. The van der Waals surface area contributed by atoms with Crippen molar-refractivity contribution in [1.82, 2.24) is 5.32 Å². The molecule has 108 valence electrons. The standard InChI is InChI=1S/C16H21ClN2O/c17-10-16(20)19-11-14(18-13-6-2-3-7-13)9-12-5-1-4-8-15(12)19/h1,4-5,8,13-14,18H,2-3,6-7,9-11H2. The van der Waals surface area contributed by atoms with Crippen LogP contribution in [0, 0.1) is 0 Å². The Hall–Kier alpha value is -1.06. The van der Waals surface area contributed by atoms with E-state index in [1.165, 1.54) is 31.2 Å². The number of alkyl halides is 1. The molecule has 1 amide bonds. The van der Waals surface area contributed by atoms with Crippen molar-refractivity contribution >= 4 is 23.2 Å². The van der Waals surface area contributed by atoms with Gasteiger partial charge in [0.2, 0.25) is 5.91 Å². The number of nitrogens with one attached hydrogen (secondary N) is 1. The molecule has 1 aromatic rings. The molecule has 1 N–H and O–H groups in total. The lowest BCUT2D eigenvalue weighted by Crippen LogP contribution is -2.51. The first kappa shape index (κ1) is 13.9. The average molecular weight is 293 g/mol. The van der Waals surface area contributed by atoms with Crippen molar-refractivity contribution in [3.8, 4) is 0 Å². The van der Waals surface area contributed by atoms with E-state index in [-0.39, 0.29) is 11.8 Å². The van der Waals surface area contributed by atoms with Gasteiger partial charge in [-0.1, -0.05) is 31.0 Å². The monoisotopic (exact) mass is 292 g/mol. The fourth-order valence-electron chi connectivity index (χ4n) is 3.44. The van der Waals surface area contributed by atoms with E-state index >= 15 is 0 Å². The van der Waals surface area contributed by atoms with E-state index in [2.05, 4.69) is 11.4 Å². The Labute approximate surface area is 125 Å². The van der Waals surface area contributed by atoms with Crippen molar-refractivity contribution < 1.29 is 4.79 Å². The molecular formula is C16H21ClN2O. The van der Waals surface area contributed by atoms with Gasteiger partial charge < -0.3 is 10.2 Å². The zero-order chi connectivity index (χ0) is 13.9. The highest BCUT2D eigenvalue weighted by atomic mass is 35.5. The van der Waals surface area contributed by atoms with Crippen LogP contribution in [0.15, 0.2) is 24.3 Å². The molecule has 3 nitrogen and oxygen atoms in total. The maximum atomic E-state index is 12.1. The first-order chi connectivity index (χ1) is 9.78. The topological polar surface area (TPSA) is 32.3 Å². The number of nitrogens with zero attached hydrogens (tertiary/aromatic N) is 1. The second kappa shape index (κ2) is 6.15. The molecule has 1 unspecified atom stereocenters. The van der Waals surface area contributed by atoms with Gasteiger partial charge >= 0.3 is 0 Å². The van der Waals surface area contributed by atoms with E-state index in [1.54, 1.807) is 0 Å². The average Bonchev–Trinajstić information content (AvgIpc) is 2.98. The summed E-state index contributed by atoms with van der Waals surface area (Å²) in [6.07, 6.45) is 6.18. The third kappa shape index (κ3) is 2.84. The number of halogens is 1. The van der Waals surface area contributed by atoms with Crippen molar-refractivity contribution in [3.63, 3.8) is 0 Å². The van der Waals surface area contributed by atoms with E-state index in [9.17, 15) is 4.79 Å². The van der Waals surface area contributed by atoms with E-state index in [1.807, 2.05) is 23.1 Å². The molecule has 0 spiro atoms. The summed E-state index contributed by atoms with van der Waals surface area (Å²) in [5.74, 6) is 0.0434. The smallest absolute Gasteiger partial charge is 0.241 e. The lowest BCUT2D eigenvalue weighted by atomic mass is 9.97. The summed E-state index contributed by atoms with van der Waals surface area (Å²) < 4.78 is 0. The highest BCUT2D eigenvalue weighted by molar-refractivity contribution is 6.29. The fourth-order valence-corrected chi connectivity index (χ4v) is 3.59. The van der Waals surface area contributed by atoms with Crippen molar-refractivity contribution in [3.05, 3.63) is 29.8 Å². The van der Waals surface area contributed by atoms with Gasteiger partial charge in [-0.05, 0) is 30.9 Å². The van der Waals surface area contributed by atoms with Gasteiger partial charge in [0.25, 0.3) is 0 Å². The number of hydrogen-bond donors (Lipinski definition) is 1. The van der Waals surface area contributed by atoms with Crippen molar-refractivity contribution in [2.45, 2.75) is 44.2 Å². The summed E-state index contributed by atoms with van der Waals surface area (Å²) in [5.41, 5.74) is 2.27. The summed E-state index contributed by atoms with van der Waals surface area (Å²) in [6, 6.07) is 9.13. The van der Waals surface area contributed by atoms with Crippen molar-refractivity contribution in [2.75, 3.05) is 17.3 Å². The second-order valence-corrected chi connectivity index (χ2v) is 6.08. The largest absolute Gasteiger partial charge is 0.310 e. The number of fused-ring (bicyclic) bond motifs is 1. The molecule has 2 aliphatic rings. The van der Waals surface area contributed by atoms with Gasteiger partial charge in [-0.2, -0.15) is 0 Å². The van der Waals surface area contributed by atoms with Gasteiger partial charge in [0.05, 0.1) is 0 Å². The lowest BCUT2D eigenvalue weighted by Gasteiger charge is -2.36. The molecular weight excluding hydrogens is 272 g/mol. The van der Waals surface area contributed by atoms with E-state index in [0.717, 1.165) is 18.7 Å². The molecule has 1 aliphatic heterocycles. The Balaban J connectivity index is 1.78. The second-order valence-electron chi connectivity index (χ2n) is 5.82. The molecule has 0 saturated heterocycles. The number of rotatable bonds is 3. The minimum atomic E-state index is -0.00274. The Morgan fingerprint density at radius 1 is 1.25 bits per heavy atom. The van der Waals surface area contributed by atoms with E-state index in [0.29, 0.717) is 12.1 Å². The van der Waals surface area contributed by atoms with Crippen LogP contribution in [0.25, 0.3) is 0 Å². The van der Waals surface area contributed by atoms with E-state index in [4.69, 9.17) is 11.6 Å². The normalized spacial score (nSPS) is 22.9. The first-order valence-corrected chi connectivity index (χ1v) is 8.01. The highest BCUT2D eigenvalue weighted by Crippen LogP contribution is 2.28. The van der Waals surface area contributed by atoms with Crippen LogP contribution in [0.4, 0.5) is 5.69 Å². The molecule has 0 radical (unpaired) electrons. The molecule has 4 heteroatoms. The van der Waals surface area contributed by atoms with Crippen LogP contribution in [0.1, 0.15) is 31.2 Å². The molecule has 1 aliphatic carbocycles. The van der Waals surface area contributed by atoms with Crippen molar-refractivity contribution in [1.29, 1.82) is 0 Å². The van der Waals surface area contributed by atoms with Crippen LogP contribution < -0.4 is 10.2 Å². The molecule has 0 aromatic heterocycles. The summed E-state index contributed by atoms with van der Waals surface area (Å²) in [5, 5.41) is 3.73. The molecule has 3 rings (SSSR count). The number of amides is 1. The van der Waals surface area contributed by atoms with Crippen molar-refractivity contribution in [2.24, 2.45) is 0 Å². The Kier molecular flexibility index (Phi) is 4.27. The third-order valence-corrected chi connectivity index (χ3v) is 4.62. The first-order valence-electron chi connectivity index (χ1n) is 7.48. The predicted molar refractivity (Wildman–Crippen MR) is 82.4 cm³/mol. The number of carbonyl (C=O) groups is 1. The molecule has 1 aromatic carbocycles. The van der Waals surface area contributed by atoms with Gasteiger partial charge in [0, 0.05) is 24.3 Å². The molecule has 1 atom stereocenters. The van der Waals surface area contributed by atoms with Gasteiger partial charge in [0.15, 0.2) is 0 Å². The SMILES string of the molecule is O=C(CCl)N1CC(NC2CCCC2)Cc2ccccc21. The molecule has 1 heterocycles. The zero-order valence-corrected chi connectivity index (χ0v) is 12.4. The third-order valence-electron chi connectivity index (χ3n) is 4.39. The summed E-state index contributed by atoms with van der Waals surface area (Å²) >= 11 is 5.76. The lowest BCUT2D eigenvalue weighted by molar-refractivity contribution is -0.116. The van der Waals surface area contributed by atoms with Gasteiger partial charge in [-0.15, -0.1) is 11.6 Å². The van der Waals surface area contributed by atoms with Gasteiger partial charge in [-0.25, -0.2) is 0 Å². The number of benzene rings is 1. The zero-order valence-electron chi connectivity index (χ0n) is 11.6. The maximum Gasteiger partial charge on any atom is 0.241 e. The molecule has 1 fully saturated rings. The molecule has 20 heavy (non-hydrogen) atoms. The molecule has 1 saturated carbocycles. The van der Waals surface area contributed by atoms with Crippen LogP contribution in [-0.4, -0.2) is 30.4 Å². The molecule has 0 bridgehead atoms. The Bertz CT molecular complexity index is 485. The number of hydrogen-bond acceptors (Lipinski definition) is 2. The van der Waals surface area contributed by atoms with Crippen LogP contribution >= 0.6 is 11.6 Å². The Morgan fingerprint density at radius 2 is 2.00 bits per heavy atom. The van der Waals surface area contributed by atoms with Crippen LogP contribution in [0.5, 0.6) is 0 Å². The Morgan fingerprint density at radius 3 is 2.75 bits per heavy atom. The van der Waals surface area contributed by atoms with Gasteiger partial charge in [0.1, 0.15) is 5.88 Å².